The molecule has 0 aromatic rings. The van der Waals surface area contributed by atoms with Gasteiger partial charge in [-0.15, -0.1) is 11.6 Å². The molecule has 0 spiro atoms. The van der Waals surface area contributed by atoms with Gasteiger partial charge in [0.1, 0.15) is 6.29 Å². The first-order chi connectivity index (χ1) is 4.95. The number of carbonyl (C=O) groups excluding carboxylic acids is 1. The lowest BCUT2D eigenvalue weighted by molar-refractivity contribution is -0.107. The lowest BCUT2D eigenvalue weighted by atomic mass is 10.3. The minimum absolute atomic E-state index is 0.345. The van der Waals surface area contributed by atoms with Crippen LogP contribution in [-0.2, 0) is 4.79 Å². The lowest BCUT2D eigenvalue weighted by Crippen LogP contribution is -2.15. The Balaban J connectivity index is 3.69. The third kappa shape index (κ3) is 7.82. The van der Waals surface area contributed by atoms with Gasteiger partial charge >= 0.3 is 0 Å². The Morgan fingerprint density at radius 3 is 2.36 bits per heavy atom. The maximum atomic E-state index is 10.1. The van der Waals surface area contributed by atoms with Gasteiger partial charge in [-0.25, -0.2) is 0 Å². The predicted molar refractivity (Wildman–Crippen MR) is 52.8 cm³/mol. The van der Waals surface area contributed by atoms with E-state index in [-0.39, 0.29) is 5.38 Å². The summed E-state index contributed by atoms with van der Waals surface area (Å²) in [5, 5.41) is -0.345. The molecule has 1 nitrogen and oxygen atoms in total. The highest BCUT2D eigenvalue weighted by Gasteiger charge is 2.07. The number of alkyl halides is 1. The SMILES string of the molecule is C[Si](C)(C)/C=C\C[C@@H](Cl)C=O. The molecule has 3 heteroatoms. The molecular formula is C8H15ClOSi. The van der Waals surface area contributed by atoms with Crippen molar-refractivity contribution in [3.05, 3.63) is 11.8 Å². The van der Waals surface area contributed by atoms with Crippen LogP contribution in [0.3, 0.4) is 0 Å². The Bertz CT molecular complexity index is 149. The van der Waals surface area contributed by atoms with E-state index in [1.807, 2.05) is 6.08 Å². The third-order valence-corrected chi connectivity index (χ3v) is 2.64. The molecule has 64 valence electrons. The summed E-state index contributed by atoms with van der Waals surface area (Å²) in [5.41, 5.74) is 2.20. The number of hydrogen-bond acceptors (Lipinski definition) is 1. The summed E-state index contributed by atoms with van der Waals surface area (Å²) in [6.07, 6.45) is 3.45. The zero-order chi connectivity index (χ0) is 8.91. The second kappa shape index (κ2) is 4.73. The molecule has 0 rings (SSSR count). The van der Waals surface area contributed by atoms with Crippen molar-refractivity contribution >= 4 is 26.0 Å². The number of aldehydes is 1. The van der Waals surface area contributed by atoms with Crippen LogP contribution >= 0.6 is 11.6 Å². The van der Waals surface area contributed by atoms with Crippen LogP contribution in [0.5, 0.6) is 0 Å². The zero-order valence-electron chi connectivity index (χ0n) is 7.30. The number of carbonyl (C=O) groups is 1. The molecule has 0 radical (unpaired) electrons. The van der Waals surface area contributed by atoms with Crippen LogP contribution in [0, 0.1) is 0 Å². The third-order valence-electron chi connectivity index (χ3n) is 1.13. The molecule has 0 N–H and O–H groups in total. The Morgan fingerprint density at radius 1 is 1.45 bits per heavy atom. The van der Waals surface area contributed by atoms with Gasteiger partial charge in [0, 0.05) is 0 Å². The highest BCUT2D eigenvalue weighted by atomic mass is 35.5. The normalized spacial score (nSPS) is 15.3. The van der Waals surface area contributed by atoms with Crippen molar-refractivity contribution < 1.29 is 4.79 Å². The van der Waals surface area contributed by atoms with Gasteiger partial charge in [-0.1, -0.05) is 31.4 Å². The number of hydrogen-bond donors (Lipinski definition) is 0. The summed E-state index contributed by atoms with van der Waals surface area (Å²) in [4.78, 5) is 10.1. The summed E-state index contributed by atoms with van der Waals surface area (Å²) < 4.78 is 0. The van der Waals surface area contributed by atoms with Gasteiger partial charge in [-0.05, 0) is 6.42 Å². The van der Waals surface area contributed by atoms with Gasteiger partial charge in [-0.2, -0.15) is 0 Å². The molecule has 0 saturated carbocycles. The van der Waals surface area contributed by atoms with Gasteiger partial charge in [0.05, 0.1) is 13.5 Å². The van der Waals surface area contributed by atoms with Crippen molar-refractivity contribution in [1.82, 2.24) is 0 Å². The Hall–Kier alpha value is -0.0831. The van der Waals surface area contributed by atoms with Gasteiger partial charge in [-0.3, -0.25) is 0 Å². The molecule has 0 saturated heterocycles. The van der Waals surface area contributed by atoms with E-state index >= 15 is 0 Å². The van der Waals surface area contributed by atoms with Crippen molar-refractivity contribution in [2.75, 3.05) is 0 Å². The molecular weight excluding hydrogens is 176 g/mol. The van der Waals surface area contributed by atoms with Crippen LogP contribution in [0.4, 0.5) is 0 Å². The fourth-order valence-electron chi connectivity index (χ4n) is 0.607. The van der Waals surface area contributed by atoms with E-state index in [1.165, 1.54) is 0 Å². The second-order valence-corrected chi connectivity index (χ2v) is 9.28. The fourth-order valence-corrected chi connectivity index (χ4v) is 1.55. The van der Waals surface area contributed by atoms with E-state index in [4.69, 9.17) is 11.6 Å². The maximum Gasteiger partial charge on any atom is 0.138 e. The summed E-state index contributed by atoms with van der Waals surface area (Å²) in [5.74, 6) is 0. The molecule has 11 heavy (non-hydrogen) atoms. The van der Waals surface area contributed by atoms with Crippen molar-refractivity contribution in [2.24, 2.45) is 0 Å². The Labute approximate surface area is 74.5 Å². The first-order valence-electron chi connectivity index (χ1n) is 3.73. The molecule has 0 aliphatic carbocycles. The van der Waals surface area contributed by atoms with E-state index in [2.05, 4.69) is 25.3 Å². The van der Waals surface area contributed by atoms with Crippen LogP contribution in [0.2, 0.25) is 19.6 Å². The molecule has 0 heterocycles. The van der Waals surface area contributed by atoms with Crippen LogP contribution in [0.1, 0.15) is 6.42 Å². The fraction of sp³-hybridized carbons (Fsp3) is 0.625. The molecule has 0 aliphatic heterocycles. The minimum atomic E-state index is -1.09. The van der Waals surface area contributed by atoms with E-state index in [0.717, 1.165) is 6.29 Å². The standard InChI is InChI=1S/C8H15ClOSi/c1-11(2,3)6-4-5-8(9)7-10/h4,6-8H,5H2,1-3H3/b6-4-/t8-/m1/s1. The lowest BCUT2D eigenvalue weighted by Gasteiger charge is -2.07. The van der Waals surface area contributed by atoms with Crippen LogP contribution in [-0.4, -0.2) is 19.7 Å². The molecule has 0 aromatic carbocycles. The average Bonchev–Trinajstić information content (AvgIpc) is 1.85. The quantitative estimate of drug-likeness (QED) is 0.379. The van der Waals surface area contributed by atoms with Crippen molar-refractivity contribution in [1.29, 1.82) is 0 Å². The minimum Gasteiger partial charge on any atom is -0.302 e. The van der Waals surface area contributed by atoms with E-state index in [0.29, 0.717) is 6.42 Å². The van der Waals surface area contributed by atoms with Gasteiger partial charge in [0.15, 0.2) is 0 Å². The number of allylic oxidation sites excluding steroid dienone is 1. The molecule has 0 aromatic heterocycles. The molecule has 0 amide bonds. The Morgan fingerprint density at radius 2 is 2.00 bits per heavy atom. The number of rotatable bonds is 4. The average molecular weight is 191 g/mol. The number of halogens is 1. The van der Waals surface area contributed by atoms with E-state index in [9.17, 15) is 4.79 Å². The van der Waals surface area contributed by atoms with Crippen LogP contribution in [0.15, 0.2) is 11.8 Å². The molecule has 0 bridgehead atoms. The van der Waals surface area contributed by atoms with Gasteiger partial charge in [0.25, 0.3) is 0 Å². The largest absolute Gasteiger partial charge is 0.302 e. The summed E-state index contributed by atoms with van der Waals surface area (Å²) in [6, 6.07) is 0. The van der Waals surface area contributed by atoms with Crippen LogP contribution < -0.4 is 0 Å². The van der Waals surface area contributed by atoms with E-state index in [1.54, 1.807) is 0 Å². The Kier molecular flexibility index (Phi) is 4.69. The highest BCUT2D eigenvalue weighted by Crippen LogP contribution is 2.05. The topological polar surface area (TPSA) is 17.1 Å². The smallest absolute Gasteiger partial charge is 0.138 e. The maximum absolute atomic E-state index is 10.1. The summed E-state index contributed by atoms with van der Waals surface area (Å²) in [7, 11) is -1.09. The highest BCUT2D eigenvalue weighted by molar-refractivity contribution is 6.80. The van der Waals surface area contributed by atoms with Crippen molar-refractivity contribution in [2.45, 2.75) is 31.4 Å². The van der Waals surface area contributed by atoms with E-state index < -0.39 is 8.07 Å². The van der Waals surface area contributed by atoms with Gasteiger partial charge < -0.3 is 4.79 Å². The first kappa shape index (κ1) is 10.9. The van der Waals surface area contributed by atoms with Gasteiger partial charge in [0.2, 0.25) is 0 Å². The molecule has 0 unspecified atom stereocenters. The summed E-state index contributed by atoms with van der Waals surface area (Å²) >= 11 is 5.59. The molecule has 0 aliphatic rings. The zero-order valence-corrected chi connectivity index (χ0v) is 9.06. The summed E-state index contributed by atoms with van der Waals surface area (Å²) in [6.45, 7) is 6.73. The van der Waals surface area contributed by atoms with Crippen molar-refractivity contribution in [3.63, 3.8) is 0 Å². The molecule has 1 atom stereocenters. The van der Waals surface area contributed by atoms with Crippen molar-refractivity contribution in [3.8, 4) is 0 Å². The predicted octanol–water partition coefficient (Wildman–Crippen LogP) is 2.62. The monoisotopic (exact) mass is 190 g/mol. The first-order valence-corrected chi connectivity index (χ1v) is 7.74. The molecule has 0 fully saturated rings. The van der Waals surface area contributed by atoms with Crippen LogP contribution in [0.25, 0.3) is 0 Å². The second-order valence-electron chi connectivity index (χ2n) is 3.66.